The normalized spacial score (nSPS) is 17.2. The van der Waals surface area contributed by atoms with Gasteiger partial charge in [0.1, 0.15) is 5.82 Å². The van der Waals surface area contributed by atoms with E-state index in [-0.39, 0.29) is 17.5 Å². The van der Waals surface area contributed by atoms with Gasteiger partial charge in [-0.25, -0.2) is 9.97 Å². The Labute approximate surface area is 165 Å². The highest BCUT2D eigenvalue weighted by atomic mass is 19.1. The van der Waals surface area contributed by atoms with Crippen LogP contribution in [0.4, 0.5) is 10.3 Å². The van der Waals surface area contributed by atoms with Crippen LogP contribution in [0, 0.1) is 12.7 Å². The SMILES string of the molecule is Cc1nc2ccc(C(=O)N3CCN(c4nc(C5CC5)c(F)c(=O)[nH]4)CC3)cc2[nH]1. The number of hydrogen-bond donors (Lipinski definition) is 2. The second-order valence-corrected chi connectivity index (χ2v) is 7.70. The zero-order valence-corrected chi connectivity index (χ0v) is 16.0. The summed E-state index contributed by atoms with van der Waals surface area (Å²) in [5.74, 6) is 0.441. The molecule has 0 unspecified atom stereocenters. The van der Waals surface area contributed by atoms with Crippen LogP contribution in [0.15, 0.2) is 23.0 Å². The van der Waals surface area contributed by atoms with Gasteiger partial charge in [-0.15, -0.1) is 0 Å². The van der Waals surface area contributed by atoms with Crippen molar-refractivity contribution in [3.8, 4) is 0 Å². The summed E-state index contributed by atoms with van der Waals surface area (Å²) in [6.07, 6.45) is 1.74. The van der Waals surface area contributed by atoms with E-state index >= 15 is 0 Å². The van der Waals surface area contributed by atoms with Crippen molar-refractivity contribution in [3.63, 3.8) is 0 Å². The Morgan fingerprint density at radius 2 is 1.90 bits per heavy atom. The van der Waals surface area contributed by atoms with Crippen LogP contribution in [-0.4, -0.2) is 56.9 Å². The third-order valence-corrected chi connectivity index (χ3v) is 5.55. The second-order valence-electron chi connectivity index (χ2n) is 7.70. The van der Waals surface area contributed by atoms with Crippen LogP contribution in [0.2, 0.25) is 0 Å². The van der Waals surface area contributed by atoms with Crippen LogP contribution in [0.3, 0.4) is 0 Å². The third kappa shape index (κ3) is 3.26. The van der Waals surface area contributed by atoms with Crippen molar-refractivity contribution in [1.29, 1.82) is 0 Å². The van der Waals surface area contributed by atoms with E-state index in [4.69, 9.17) is 0 Å². The Morgan fingerprint density at radius 1 is 1.14 bits per heavy atom. The molecule has 2 N–H and O–H groups in total. The van der Waals surface area contributed by atoms with Gasteiger partial charge in [0.15, 0.2) is 0 Å². The Bertz CT molecular complexity index is 1160. The van der Waals surface area contributed by atoms with Gasteiger partial charge in [-0.1, -0.05) is 0 Å². The molecule has 9 heteroatoms. The molecule has 2 aliphatic rings. The number of H-pyrrole nitrogens is 2. The summed E-state index contributed by atoms with van der Waals surface area (Å²) in [6.45, 7) is 3.92. The monoisotopic (exact) mass is 396 g/mol. The fourth-order valence-electron chi connectivity index (χ4n) is 3.82. The number of amides is 1. The van der Waals surface area contributed by atoms with Crippen LogP contribution in [0.25, 0.3) is 11.0 Å². The summed E-state index contributed by atoms with van der Waals surface area (Å²) in [6, 6.07) is 5.46. The molecule has 1 aromatic carbocycles. The molecule has 1 saturated carbocycles. The van der Waals surface area contributed by atoms with Gasteiger partial charge in [0.05, 0.1) is 16.7 Å². The number of carbonyl (C=O) groups excluding carboxylic acids is 1. The lowest BCUT2D eigenvalue weighted by molar-refractivity contribution is 0.0746. The molecular weight excluding hydrogens is 375 g/mol. The smallest absolute Gasteiger partial charge is 0.288 e. The molecule has 150 valence electrons. The predicted molar refractivity (Wildman–Crippen MR) is 106 cm³/mol. The average molecular weight is 396 g/mol. The van der Waals surface area contributed by atoms with Gasteiger partial charge in [-0.3, -0.25) is 14.6 Å². The molecule has 0 atom stereocenters. The van der Waals surface area contributed by atoms with Crippen molar-refractivity contribution >= 4 is 22.9 Å². The maximum absolute atomic E-state index is 14.0. The number of aromatic nitrogens is 4. The fraction of sp³-hybridized carbons (Fsp3) is 0.400. The van der Waals surface area contributed by atoms with Crippen LogP contribution in [-0.2, 0) is 0 Å². The summed E-state index contributed by atoms with van der Waals surface area (Å²) in [7, 11) is 0. The number of aromatic amines is 2. The van der Waals surface area contributed by atoms with Crippen molar-refractivity contribution in [2.75, 3.05) is 31.1 Å². The molecule has 1 amide bonds. The first-order valence-corrected chi connectivity index (χ1v) is 9.80. The Hall–Kier alpha value is -3.23. The molecule has 0 radical (unpaired) electrons. The minimum Gasteiger partial charge on any atom is -0.342 e. The van der Waals surface area contributed by atoms with Crippen LogP contribution in [0.1, 0.15) is 40.6 Å². The molecule has 29 heavy (non-hydrogen) atoms. The van der Waals surface area contributed by atoms with Gasteiger partial charge in [0, 0.05) is 37.7 Å². The summed E-state index contributed by atoms with van der Waals surface area (Å²) >= 11 is 0. The first-order valence-electron chi connectivity index (χ1n) is 9.80. The second kappa shape index (κ2) is 6.68. The lowest BCUT2D eigenvalue weighted by Gasteiger charge is -2.35. The Balaban J connectivity index is 1.31. The molecular formula is C20H21FN6O2. The van der Waals surface area contributed by atoms with Gasteiger partial charge in [-0.2, -0.15) is 4.39 Å². The molecule has 8 nitrogen and oxygen atoms in total. The van der Waals surface area contributed by atoms with E-state index in [9.17, 15) is 14.0 Å². The maximum atomic E-state index is 14.0. The minimum absolute atomic E-state index is 0.0435. The van der Waals surface area contributed by atoms with Gasteiger partial charge < -0.3 is 14.8 Å². The van der Waals surface area contributed by atoms with E-state index in [0.717, 1.165) is 29.7 Å². The Kier molecular flexibility index (Phi) is 4.11. The van der Waals surface area contributed by atoms with Crippen molar-refractivity contribution in [2.24, 2.45) is 0 Å². The number of anilines is 1. The van der Waals surface area contributed by atoms with E-state index in [1.165, 1.54) is 0 Å². The van der Waals surface area contributed by atoms with E-state index in [0.29, 0.717) is 37.7 Å². The molecule has 1 aliphatic heterocycles. The number of nitrogens with zero attached hydrogens (tertiary/aromatic N) is 4. The van der Waals surface area contributed by atoms with Gasteiger partial charge in [-0.05, 0) is 38.0 Å². The van der Waals surface area contributed by atoms with E-state index in [2.05, 4.69) is 19.9 Å². The summed E-state index contributed by atoms with van der Waals surface area (Å²) < 4.78 is 14.0. The van der Waals surface area contributed by atoms with E-state index in [1.807, 2.05) is 24.0 Å². The maximum Gasteiger partial charge on any atom is 0.288 e. The number of imidazole rings is 1. The fourth-order valence-corrected chi connectivity index (χ4v) is 3.82. The number of fused-ring (bicyclic) bond motifs is 1. The first-order chi connectivity index (χ1) is 14.0. The van der Waals surface area contributed by atoms with Gasteiger partial charge in [0.25, 0.3) is 11.5 Å². The van der Waals surface area contributed by atoms with Crippen molar-refractivity contribution < 1.29 is 9.18 Å². The molecule has 2 aromatic heterocycles. The molecule has 5 rings (SSSR count). The highest BCUT2D eigenvalue weighted by Crippen LogP contribution is 2.39. The molecule has 3 heterocycles. The number of carbonyl (C=O) groups is 1. The highest BCUT2D eigenvalue weighted by Gasteiger charge is 2.31. The number of rotatable bonds is 3. The minimum atomic E-state index is -0.769. The summed E-state index contributed by atoms with van der Waals surface area (Å²) in [4.78, 5) is 42.9. The highest BCUT2D eigenvalue weighted by molar-refractivity contribution is 5.97. The standard InChI is InChI=1S/C20H21FN6O2/c1-11-22-14-5-4-13(10-15(14)23-11)19(29)26-6-8-27(9-7-26)20-24-17(12-2-3-12)16(21)18(28)25-20/h4-5,10,12H,2-3,6-9H2,1H3,(H,22,23)(H,24,25,28). The zero-order valence-electron chi connectivity index (χ0n) is 16.0. The van der Waals surface area contributed by atoms with E-state index in [1.54, 1.807) is 11.0 Å². The largest absolute Gasteiger partial charge is 0.342 e. The molecule has 1 saturated heterocycles. The van der Waals surface area contributed by atoms with Crippen molar-refractivity contribution in [2.45, 2.75) is 25.7 Å². The lowest BCUT2D eigenvalue weighted by Crippen LogP contribution is -2.49. The number of hydrogen-bond acceptors (Lipinski definition) is 5. The third-order valence-electron chi connectivity index (χ3n) is 5.55. The summed E-state index contributed by atoms with van der Waals surface area (Å²) in [5, 5.41) is 0. The predicted octanol–water partition coefficient (Wildman–Crippen LogP) is 1.93. The molecule has 3 aromatic rings. The number of nitrogens with one attached hydrogen (secondary N) is 2. The molecule has 0 bridgehead atoms. The van der Waals surface area contributed by atoms with E-state index < -0.39 is 11.4 Å². The Morgan fingerprint density at radius 3 is 2.62 bits per heavy atom. The lowest BCUT2D eigenvalue weighted by atomic mass is 10.1. The number of benzene rings is 1. The zero-order chi connectivity index (χ0) is 20.1. The quantitative estimate of drug-likeness (QED) is 0.705. The molecule has 2 fully saturated rings. The number of piperazine rings is 1. The van der Waals surface area contributed by atoms with Crippen LogP contribution < -0.4 is 10.5 Å². The first kappa shape index (κ1) is 17.8. The van der Waals surface area contributed by atoms with Gasteiger partial charge in [0.2, 0.25) is 11.8 Å². The average Bonchev–Trinajstić information content (AvgIpc) is 3.49. The molecule has 0 spiro atoms. The topological polar surface area (TPSA) is 98.0 Å². The van der Waals surface area contributed by atoms with Crippen molar-refractivity contribution in [1.82, 2.24) is 24.8 Å². The summed E-state index contributed by atoms with van der Waals surface area (Å²) in [5.41, 5.74) is 1.83. The number of halogens is 1. The van der Waals surface area contributed by atoms with Crippen molar-refractivity contribution in [3.05, 3.63) is 51.5 Å². The number of aryl methyl sites for hydroxylation is 1. The molecule has 1 aliphatic carbocycles. The van der Waals surface area contributed by atoms with Gasteiger partial charge >= 0.3 is 0 Å². The van der Waals surface area contributed by atoms with Crippen LogP contribution >= 0.6 is 0 Å². The van der Waals surface area contributed by atoms with Crippen LogP contribution in [0.5, 0.6) is 0 Å².